The third kappa shape index (κ3) is 4.01. The molecule has 0 radical (unpaired) electrons. The van der Waals surface area contributed by atoms with Crippen LogP contribution in [0.1, 0.15) is 5.69 Å². The van der Waals surface area contributed by atoms with Crippen molar-refractivity contribution in [2.24, 2.45) is 0 Å². The van der Waals surface area contributed by atoms with E-state index < -0.39 is 12.6 Å². The summed E-state index contributed by atoms with van der Waals surface area (Å²) >= 11 is 3.07. The molecule has 1 aromatic heterocycles. The first-order valence-electron chi connectivity index (χ1n) is 3.24. The van der Waals surface area contributed by atoms with E-state index in [4.69, 9.17) is 0 Å². The summed E-state index contributed by atoms with van der Waals surface area (Å²) in [6.45, 7) is -3.45. The molecular weight excluding hydrogens is 273 g/mol. The first-order chi connectivity index (χ1) is 5.41. The molecule has 0 unspecified atom stereocenters. The largest absolute Gasteiger partial charge is 1.00 e. The Morgan fingerprint density at radius 3 is 2.23 bits per heavy atom. The average molecular weight is 278 g/mol. The first-order valence-corrected chi connectivity index (χ1v) is 4.03. The Kier molecular flexibility index (Phi) is 5.73. The topological polar surface area (TPSA) is 12.9 Å². The fourth-order valence-electron chi connectivity index (χ4n) is 0.746. The molecule has 7 heteroatoms. The fourth-order valence-corrected chi connectivity index (χ4v) is 0.967. The normalized spacial score (nSPS) is 10.8. The van der Waals surface area contributed by atoms with Gasteiger partial charge in [-0.15, -0.1) is 0 Å². The van der Waals surface area contributed by atoms with Crippen LogP contribution in [0.2, 0.25) is 0 Å². The molecule has 0 aliphatic carbocycles. The second-order valence-corrected chi connectivity index (χ2v) is 3.23. The van der Waals surface area contributed by atoms with Gasteiger partial charge in [-0.2, -0.15) is 0 Å². The number of hydrogen-bond donors (Lipinski definition) is 0. The Bertz CT molecular complexity index is 304. The molecular formula is C6H5BBrF3KN. The van der Waals surface area contributed by atoms with Gasteiger partial charge in [0, 0.05) is 10.2 Å². The van der Waals surface area contributed by atoms with Crippen LogP contribution in [0.25, 0.3) is 0 Å². The molecule has 1 rings (SSSR count). The molecule has 13 heavy (non-hydrogen) atoms. The van der Waals surface area contributed by atoms with Crippen molar-refractivity contribution in [1.29, 1.82) is 0 Å². The van der Waals surface area contributed by atoms with Crippen LogP contribution in [0.15, 0.2) is 16.6 Å². The van der Waals surface area contributed by atoms with E-state index in [0.29, 0.717) is 10.2 Å². The van der Waals surface area contributed by atoms with Crippen molar-refractivity contribution in [3.05, 3.63) is 22.3 Å². The summed E-state index contributed by atoms with van der Waals surface area (Å²) in [6, 6.07) is 2.32. The van der Waals surface area contributed by atoms with Gasteiger partial charge in [0.2, 0.25) is 0 Å². The third-order valence-corrected chi connectivity index (χ3v) is 2.22. The number of aryl methyl sites for hydroxylation is 1. The summed E-state index contributed by atoms with van der Waals surface area (Å²) in [5, 5.41) is 0. The molecule has 0 N–H and O–H groups in total. The molecule has 0 aliphatic rings. The number of aromatic nitrogens is 1. The van der Waals surface area contributed by atoms with Crippen molar-refractivity contribution in [3.8, 4) is 0 Å². The molecule has 1 heterocycles. The molecule has 0 amide bonds. The van der Waals surface area contributed by atoms with E-state index in [1.165, 1.54) is 13.0 Å². The molecule has 1 aromatic rings. The van der Waals surface area contributed by atoms with Gasteiger partial charge in [0.1, 0.15) is 0 Å². The summed E-state index contributed by atoms with van der Waals surface area (Å²) in [5.74, 6) is 0. The second-order valence-electron chi connectivity index (χ2n) is 2.38. The van der Waals surface area contributed by atoms with Gasteiger partial charge in [-0.25, -0.2) is 0 Å². The minimum atomic E-state index is -4.97. The van der Waals surface area contributed by atoms with Crippen LogP contribution in [0.5, 0.6) is 0 Å². The summed E-state index contributed by atoms with van der Waals surface area (Å²) < 4.78 is 36.8. The van der Waals surface area contributed by atoms with E-state index in [2.05, 4.69) is 20.9 Å². The standard InChI is InChI=1S/C6H5BBrF3N.K/c1-4-5(8)2-3-6(12-4)7(9,10)11;/h2-3H,1H3;/q-1;+1. The Labute approximate surface area is 125 Å². The minimum absolute atomic E-state index is 0. The maximum absolute atomic E-state index is 12.1. The van der Waals surface area contributed by atoms with E-state index in [1.807, 2.05) is 0 Å². The molecule has 0 aromatic carbocycles. The van der Waals surface area contributed by atoms with E-state index in [-0.39, 0.29) is 51.4 Å². The molecule has 0 bridgehead atoms. The molecule has 0 saturated heterocycles. The van der Waals surface area contributed by atoms with Crippen molar-refractivity contribution < 1.29 is 64.3 Å². The predicted octanol–water partition coefficient (Wildman–Crippen LogP) is -0.789. The average Bonchev–Trinajstić information content (AvgIpc) is 1.92. The number of rotatable bonds is 1. The van der Waals surface area contributed by atoms with Crippen LogP contribution in [0.4, 0.5) is 12.9 Å². The van der Waals surface area contributed by atoms with Crippen molar-refractivity contribution in [3.63, 3.8) is 0 Å². The van der Waals surface area contributed by atoms with Crippen molar-refractivity contribution in [1.82, 2.24) is 4.98 Å². The van der Waals surface area contributed by atoms with E-state index >= 15 is 0 Å². The van der Waals surface area contributed by atoms with Crippen LogP contribution >= 0.6 is 15.9 Å². The van der Waals surface area contributed by atoms with Gasteiger partial charge < -0.3 is 12.9 Å². The summed E-state index contributed by atoms with van der Waals surface area (Å²) in [5.41, 5.74) is -0.442. The third-order valence-electron chi connectivity index (χ3n) is 1.38. The minimum Gasteiger partial charge on any atom is -0.444 e. The molecule has 66 valence electrons. The van der Waals surface area contributed by atoms with E-state index in [9.17, 15) is 12.9 Å². The van der Waals surface area contributed by atoms with Crippen molar-refractivity contribution >= 4 is 28.5 Å². The molecule has 0 atom stereocenters. The molecule has 0 spiro atoms. The van der Waals surface area contributed by atoms with Crippen molar-refractivity contribution in [2.45, 2.75) is 6.92 Å². The molecule has 0 aliphatic heterocycles. The van der Waals surface area contributed by atoms with Crippen LogP contribution in [-0.2, 0) is 0 Å². The van der Waals surface area contributed by atoms with E-state index in [1.54, 1.807) is 0 Å². The Hall–Kier alpha value is 1.12. The number of nitrogens with zero attached hydrogens (tertiary/aromatic N) is 1. The molecule has 0 fully saturated rings. The first kappa shape index (κ1) is 14.1. The number of pyridine rings is 1. The van der Waals surface area contributed by atoms with E-state index in [0.717, 1.165) is 6.07 Å². The SMILES string of the molecule is Cc1nc([B-](F)(F)F)ccc1Br.[K+]. The van der Waals surface area contributed by atoms with Crippen LogP contribution in [0, 0.1) is 6.92 Å². The zero-order valence-electron chi connectivity index (χ0n) is 7.19. The Morgan fingerprint density at radius 1 is 1.31 bits per heavy atom. The smallest absolute Gasteiger partial charge is 0.444 e. The molecule has 1 nitrogen and oxygen atoms in total. The predicted molar refractivity (Wildman–Crippen MR) is 45.4 cm³/mol. The maximum atomic E-state index is 12.1. The summed E-state index contributed by atoms with van der Waals surface area (Å²) in [7, 11) is 0. The zero-order valence-corrected chi connectivity index (χ0v) is 11.9. The van der Waals surface area contributed by atoms with Gasteiger partial charge in [-0.05, 0) is 34.5 Å². The van der Waals surface area contributed by atoms with Crippen LogP contribution in [0.3, 0.4) is 0 Å². The van der Waals surface area contributed by atoms with Crippen LogP contribution < -0.4 is 57.0 Å². The maximum Gasteiger partial charge on any atom is 1.00 e. The van der Waals surface area contributed by atoms with Gasteiger partial charge in [0.15, 0.2) is 0 Å². The van der Waals surface area contributed by atoms with Gasteiger partial charge in [0.05, 0.1) is 0 Å². The van der Waals surface area contributed by atoms with Gasteiger partial charge in [-0.1, -0.05) is 6.07 Å². The Balaban J connectivity index is 0.00000144. The van der Waals surface area contributed by atoms with Crippen molar-refractivity contribution in [2.75, 3.05) is 0 Å². The van der Waals surface area contributed by atoms with Gasteiger partial charge in [0.25, 0.3) is 0 Å². The van der Waals surface area contributed by atoms with Gasteiger partial charge in [-0.3, -0.25) is 4.98 Å². The summed E-state index contributed by atoms with van der Waals surface area (Å²) in [4.78, 5) is 3.40. The quantitative estimate of drug-likeness (QED) is 0.614. The second kappa shape index (κ2) is 5.27. The monoisotopic (exact) mass is 277 g/mol. The van der Waals surface area contributed by atoms with Crippen LogP contribution in [-0.4, -0.2) is 12.0 Å². The fraction of sp³-hybridized carbons (Fsp3) is 0.167. The zero-order chi connectivity index (χ0) is 9.35. The summed E-state index contributed by atoms with van der Waals surface area (Å²) in [6.07, 6.45) is 0. The van der Waals surface area contributed by atoms with Gasteiger partial charge >= 0.3 is 58.4 Å². The Morgan fingerprint density at radius 2 is 1.85 bits per heavy atom. The number of halogens is 4. The molecule has 0 saturated carbocycles. The number of hydrogen-bond acceptors (Lipinski definition) is 1.